The first kappa shape index (κ1) is 11.6. The number of ether oxygens (including phenoxy) is 2. The molecule has 1 heterocycles. The minimum atomic E-state index is -4.74. The molecule has 92 valence electrons. The molecular weight excluding hydrogens is 237 g/mol. The van der Waals surface area contributed by atoms with E-state index >= 15 is 0 Å². The minimum Gasteiger partial charge on any atom is -0.455 e. The number of alkyl halides is 3. The number of para-hydroxylation sites is 1. The standard InChI is InChI=1S/C10H9F3N2O2/c11-10(12,13)17-7-4-2-1-3-6(7)8-5-15-9(14)16-8/h1-4,8H,5H2,(H2,14,15). The Kier molecular flexibility index (Phi) is 2.83. The average molecular weight is 246 g/mol. The molecule has 1 atom stereocenters. The fraction of sp³-hybridized carbons (Fsp3) is 0.300. The van der Waals surface area contributed by atoms with Crippen LogP contribution in [0.2, 0.25) is 0 Å². The van der Waals surface area contributed by atoms with Crippen molar-refractivity contribution in [1.82, 2.24) is 0 Å². The summed E-state index contributed by atoms with van der Waals surface area (Å²) < 4.78 is 45.5. The Hall–Kier alpha value is -1.92. The minimum absolute atomic E-state index is 0.0307. The van der Waals surface area contributed by atoms with Gasteiger partial charge in [0.15, 0.2) is 6.10 Å². The van der Waals surface area contributed by atoms with E-state index in [2.05, 4.69) is 9.73 Å². The molecule has 1 unspecified atom stereocenters. The van der Waals surface area contributed by atoms with Crippen molar-refractivity contribution in [3.63, 3.8) is 0 Å². The van der Waals surface area contributed by atoms with Crippen LogP contribution in [0.4, 0.5) is 13.2 Å². The summed E-state index contributed by atoms with van der Waals surface area (Å²) in [5.41, 5.74) is 5.58. The summed E-state index contributed by atoms with van der Waals surface area (Å²) in [4.78, 5) is 3.77. The van der Waals surface area contributed by atoms with Crippen LogP contribution in [0.3, 0.4) is 0 Å². The Labute approximate surface area is 94.8 Å². The predicted molar refractivity (Wildman–Crippen MR) is 53.4 cm³/mol. The van der Waals surface area contributed by atoms with Crippen LogP contribution in [-0.4, -0.2) is 18.9 Å². The summed E-state index contributed by atoms with van der Waals surface area (Å²) in [5, 5.41) is 0. The van der Waals surface area contributed by atoms with Crippen LogP contribution < -0.4 is 10.5 Å². The molecule has 0 aliphatic carbocycles. The quantitative estimate of drug-likeness (QED) is 0.867. The molecule has 4 nitrogen and oxygen atoms in total. The van der Waals surface area contributed by atoms with Gasteiger partial charge in [-0.2, -0.15) is 0 Å². The highest BCUT2D eigenvalue weighted by molar-refractivity contribution is 5.73. The van der Waals surface area contributed by atoms with E-state index in [9.17, 15) is 13.2 Å². The number of aliphatic imine (C=N–C) groups is 1. The van der Waals surface area contributed by atoms with Crippen LogP contribution in [0.5, 0.6) is 5.75 Å². The first-order chi connectivity index (χ1) is 7.96. The Morgan fingerprint density at radius 2 is 2.06 bits per heavy atom. The van der Waals surface area contributed by atoms with Crippen molar-refractivity contribution in [2.45, 2.75) is 12.5 Å². The van der Waals surface area contributed by atoms with Gasteiger partial charge in [-0.3, -0.25) is 0 Å². The fourth-order valence-corrected chi connectivity index (χ4v) is 1.52. The molecular formula is C10H9F3N2O2. The van der Waals surface area contributed by atoms with Gasteiger partial charge in [-0.1, -0.05) is 18.2 Å². The maximum Gasteiger partial charge on any atom is 0.573 e. The van der Waals surface area contributed by atoms with E-state index in [1.165, 1.54) is 18.2 Å². The van der Waals surface area contributed by atoms with Crippen molar-refractivity contribution in [3.05, 3.63) is 29.8 Å². The second-order valence-electron chi connectivity index (χ2n) is 3.37. The number of halogens is 3. The average Bonchev–Trinajstić information content (AvgIpc) is 2.63. The third-order valence-electron chi connectivity index (χ3n) is 2.17. The van der Waals surface area contributed by atoms with E-state index in [1.54, 1.807) is 6.07 Å². The van der Waals surface area contributed by atoms with Gasteiger partial charge in [-0.05, 0) is 6.07 Å². The molecule has 7 heteroatoms. The molecule has 0 saturated carbocycles. The first-order valence-corrected chi connectivity index (χ1v) is 4.77. The van der Waals surface area contributed by atoms with Crippen LogP contribution in [0.15, 0.2) is 29.3 Å². The molecule has 0 bridgehead atoms. The smallest absolute Gasteiger partial charge is 0.455 e. The zero-order valence-electron chi connectivity index (χ0n) is 8.57. The molecule has 0 fully saturated rings. The zero-order chi connectivity index (χ0) is 12.5. The topological polar surface area (TPSA) is 56.8 Å². The largest absolute Gasteiger partial charge is 0.573 e. The van der Waals surface area contributed by atoms with Gasteiger partial charge in [0.05, 0.1) is 6.54 Å². The maximum atomic E-state index is 12.2. The lowest BCUT2D eigenvalue weighted by atomic mass is 10.1. The van der Waals surface area contributed by atoms with Crippen LogP contribution in [-0.2, 0) is 4.74 Å². The van der Waals surface area contributed by atoms with Gasteiger partial charge in [-0.25, -0.2) is 4.99 Å². The highest BCUT2D eigenvalue weighted by atomic mass is 19.4. The summed E-state index contributed by atoms with van der Waals surface area (Å²) in [7, 11) is 0. The predicted octanol–water partition coefficient (Wildman–Crippen LogP) is 1.97. The third-order valence-corrected chi connectivity index (χ3v) is 2.17. The lowest BCUT2D eigenvalue weighted by Crippen LogP contribution is -2.19. The lowest BCUT2D eigenvalue weighted by molar-refractivity contribution is -0.275. The fourth-order valence-electron chi connectivity index (χ4n) is 1.52. The molecule has 2 rings (SSSR count). The third kappa shape index (κ3) is 2.80. The van der Waals surface area contributed by atoms with Gasteiger partial charge in [0.1, 0.15) is 5.75 Å². The molecule has 1 aliphatic rings. The monoisotopic (exact) mass is 246 g/mol. The number of nitrogens with two attached hydrogens (primary N) is 1. The van der Waals surface area contributed by atoms with E-state index in [-0.39, 0.29) is 23.9 Å². The molecule has 2 N–H and O–H groups in total. The number of rotatable bonds is 2. The number of hydrogen-bond acceptors (Lipinski definition) is 4. The van der Waals surface area contributed by atoms with E-state index in [1.807, 2.05) is 0 Å². The van der Waals surface area contributed by atoms with Crippen molar-refractivity contribution < 1.29 is 22.6 Å². The van der Waals surface area contributed by atoms with Gasteiger partial charge in [0, 0.05) is 5.56 Å². The Bertz CT molecular complexity index is 445. The van der Waals surface area contributed by atoms with Crippen LogP contribution in [0.25, 0.3) is 0 Å². The second kappa shape index (κ2) is 4.15. The van der Waals surface area contributed by atoms with E-state index in [0.29, 0.717) is 0 Å². The maximum absolute atomic E-state index is 12.2. The van der Waals surface area contributed by atoms with Crippen LogP contribution >= 0.6 is 0 Å². The summed E-state index contributed by atoms with van der Waals surface area (Å²) in [6, 6.07) is 5.72. The molecule has 0 aromatic heterocycles. The molecule has 0 spiro atoms. The summed E-state index contributed by atoms with van der Waals surface area (Å²) in [6.45, 7) is 0.185. The Morgan fingerprint density at radius 1 is 1.35 bits per heavy atom. The van der Waals surface area contributed by atoms with Gasteiger partial charge in [-0.15, -0.1) is 13.2 Å². The van der Waals surface area contributed by atoms with Crippen LogP contribution in [0.1, 0.15) is 11.7 Å². The van der Waals surface area contributed by atoms with Gasteiger partial charge < -0.3 is 15.2 Å². The Balaban J connectivity index is 2.22. The van der Waals surface area contributed by atoms with E-state index in [4.69, 9.17) is 10.5 Å². The second-order valence-corrected chi connectivity index (χ2v) is 3.37. The summed E-state index contributed by atoms with van der Waals surface area (Å²) >= 11 is 0. The molecule has 17 heavy (non-hydrogen) atoms. The molecule has 0 radical (unpaired) electrons. The number of benzene rings is 1. The van der Waals surface area contributed by atoms with Crippen molar-refractivity contribution >= 4 is 6.02 Å². The molecule has 0 amide bonds. The SMILES string of the molecule is NC1=NCC(c2ccccc2OC(F)(F)F)O1. The number of amidine groups is 1. The van der Waals surface area contributed by atoms with Crippen molar-refractivity contribution in [2.24, 2.45) is 10.7 Å². The van der Waals surface area contributed by atoms with Gasteiger partial charge in [0.2, 0.25) is 0 Å². The highest BCUT2D eigenvalue weighted by Gasteiger charge is 2.33. The van der Waals surface area contributed by atoms with Crippen molar-refractivity contribution in [3.8, 4) is 5.75 Å². The molecule has 1 aromatic carbocycles. The lowest BCUT2D eigenvalue weighted by Gasteiger charge is -2.16. The van der Waals surface area contributed by atoms with E-state index in [0.717, 1.165) is 0 Å². The first-order valence-electron chi connectivity index (χ1n) is 4.77. The van der Waals surface area contributed by atoms with Gasteiger partial charge >= 0.3 is 6.36 Å². The molecule has 1 aliphatic heterocycles. The summed E-state index contributed by atoms with van der Waals surface area (Å²) in [5.74, 6) is -0.296. The van der Waals surface area contributed by atoms with Gasteiger partial charge in [0.25, 0.3) is 6.02 Å². The number of hydrogen-bond donors (Lipinski definition) is 1. The number of nitrogens with zero attached hydrogens (tertiary/aromatic N) is 1. The van der Waals surface area contributed by atoms with Crippen molar-refractivity contribution in [1.29, 1.82) is 0 Å². The highest BCUT2D eigenvalue weighted by Crippen LogP contribution is 2.33. The molecule has 0 saturated heterocycles. The Morgan fingerprint density at radius 3 is 2.65 bits per heavy atom. The zero-order valence-corrected chi connectivity index (χ0v) is 8.57. The normalized spacial score (nSPS) is 19.7. The van der Waals surface area contributed by atoms with E-state index < -0.39 is 12.5 Å². The summed E-state index contributed by atoms with van der Waals surface area (Å²) in [6.07, 6.45) is -5.37. The van der Waals surface area contributed by atoms with Crippen molar-refractivity contribution in [2.75, 3.05) is 6.54 Å². The molecule has 1 aromatic rings. The van der Waals surface area contributed by atoms with Crippen LogP contribution in [0, 0.1) is 0 Å².